The van der Waals surface area contributed by atoms with Crippen molar-refractivity contribution in [1.82, 2.24) is 10.2 Å². The Hall–Kier alpha value is -4.14. The molecule has 0 aliphatic carbocycles. The largest absolute Gasteiger partial charge is 0.350 e. The first-order valence-electron chi connectivity index (χ1n) is 15.2. The van der Waals surface area contributed by atoms with Gasteiger partial charge in [0.2, 0.25) is 11.8 Å². The summed E-state index contributed by atoms with van der Waals surface area (Å²) in [4.78, 5) is 30.2. The van der Waals surface area contributed by atoms with Crippen LogP contribution in [0.5, 0.6) is 0 Å². The predicted octanol–water partition coefficient (Wildman–Crippen LogP) is 7.02. The Kier molecular flexibility index (Phi) is 11.0. The van der Waals surface area contributed by atoms with Crippen molar-refractivity contribution >= 4 is 39.1 Å². The molecular weight excluding hydrogens is 618 g/mol. The molecule has 46 heavy (non-hydrogen) atoms. The molecule has 4 aromatic carbocycles. The van der Waals surface area contributed by atoms with Gasteiger partial charge in [0.1, 0.15) is 12.6 Å². The van der Waals surface area contributed by atoms with Gasteiger partial charge in [-0.15, -0.1) is 0 Å². The third kappa shape index (κ3) is 8.98. The van der Waals surface area contributed by atoms with Crippen molar-refractivity contribution in [3.8, 4) is 0 Å². The maximum Gasteiger partial charge on any atom is 0.264 e. The highest BCUT2D eigenvalue weighted by Crippen LogP contribution is 2.29. The smallest absolute Gasteiger partial charge is 0.264 e. The topological polar surface area (TPSA) is 86.8 Å². The molecule has 0 bridgehead atoms. The number of rotatable bonds is 11. The Morgan fingerprint density at radius 1 is 0.804 bits per heavy atom. The minimum Gasteiger partial charge on any atom is -0.350 e. The number of benzene rings is 4. The van der Waals surface area contributed by atoms with E-state index >= 15 is 0 Å². The highest BCUT2D eigenvalue weighted by molar-refractivity contribution is 7.92. The third-order valence-electron chi connectivity index (χ3n) is 7.53. The molecule has 0 unspecified atom stereocenters. The van der Waals surface area contributed by atoms with Crippen LogP contribution in [0.15, 0.2) is 102 Å². The van der Waals surface area contributed by atoms with Crippen LogP contribution in [-0.2, 0) is 32.6 Å². The normalized spacial score (nSPS) is 12.3. The fourth-order valence-corrected chi connectivity index (χ4v) is 6.86. The SMILES string of the molecule is Cc1ccc(S(=O)(=O)N(CC(=O)N(Cc2cccc(Cl)c2)[C@H](Cc2ccccc2)C(=O)NC(C)(C)C)c2cc(C)ccc2C)cc1. The molecule has 0 spiro atoms. The van der Waals surface area contributed by atoms with Gasteiger partial charge in [-0.3, -0.25) is 13.9 Å². The highest BCUT2D eigenvalue weighted by atomic mass is 35.5. The second kappa shape index (κ2) is 14.5. The quantitative estimate of drug-likeness (QED) is 0.188. The van der Waals surface area contributed by atoms with Crippen LogP contribution in [0.3, 0.4) is 0 Å². The van der Waals surface area contributed by atoms with Crippen molar-refractivity contribution in [2.45, 2.75) is 71.0 Å². The van der Waals surface area contributed by atoms with Crippen LogP contribution in [-0.4, -0.2) is 43.3 Å². The van der Waals surface area contributed by atoms with Gasteiger partial charge in [0.25, 0.3) is 10.0 Å². The summed E-state index contributed by atoms with van der Waals surface area (Å²) in [5, 5.41) is 3.53. The number of hydrogen-bond donors (Lipinski definition) is 1. The van der Waals surface area contributed by atoms with Crippen molar-refractivity contribution < 1.29 is 18.0 Å². The lowest BCUT2D eigenvalue weighted by atomic mass is 10.0. The van der Waals surface area contributed by atoms with Crippen molar-refractivity contribution in [2.75, 3.05) is 10.8 Å². The minimum absolute atomic E-state index is 0.0413. The Morgan fingerprint density at radius 2 is 1.43 bits per heavy atom. The van der Waals surface area contributed by atoms with E-state index in [2.05, 4.69) is 5.32 Å². The van der Waals surface area contributed by atoms with Crippen molar-refractivity contribution in [2.24, 2.45) is 0 Å². The lowest BCUT2D eigenvalue weighted by molar-refractivity contribution is -0.140. The molecule has 4 aromatic rings. The Morgan fingerprint density at radius 3 is 2.07 bits per heavy atom. The van der Waals surface area contributed by atoms with Gasteiger partial charge >= 0.3 is 0 Å². The highest BCUT2D eigenvalue weighted by Gasteiger charge is 2.36. The molecule has 0 radical (unpaired) electrons. The van der Waals surface area contributed by atoms with Crippen LogP contribution in [0.2, 0.25) is 5.02 Å². The number of nitrogens with zero attached hydrogens (tertiary/aromatic N) is 2. The molecule has 0 saturated carbocycles. The van der Waals surface area contributed by atoms with E-state index < -0.39 is 34.1 Å². The minimum atomic E-state index is -4.19. The summed E-state index contributed by atoms with van der Waals surface area (Å²) in [6.07, 6.45) is 0.225. The first-order valence-corrected chi connectivity index (χ1v) is 17.0. The molecule has 242 valence electrons. The summed E-state index contributed by atoms with van der Waals surface area (Å²) in [6, 6.07) is 27.7. The number of amides is 2. The van der Waals surface area contributed by atoms with Gasteiger partial charge in [0.05, 0.1) is 10.6 Å². The summed E-state index contributed by atoms with van der Waals surface area (Å²) < 4.78 is 29.8. The molecule has 9 heteroatoms. The molecule has 0 aromatic heterocycles. The van der Waals surface area contributed by atoms with Crippen LogP contribution in [0, 0.1) is 20.8 Å². The maximum atomic E-state index is 14.7. The molecule has 1 N–H and O–H groups in total. The number of carbonyl (C=O) groups excluding carboxylic acids is 2. The van der Waals surface area contributed by atoms with E-state index in [1.54, 1.807) is 48.5 Å². The summed E-state index contributed by atoms with van der Waals surface area (Å²) in [5.41, 5.74) is 3.85. The summed E-state index contributed by atoms with van der Waals surface area (Å²) in [6.45, 7) is 10.7. The van der Waals surface area contributed by atoms with Gasteiger partial charge in [-0.05, 0) is 94.1 Å². The fourth-order valence-electron chi connectivity index (χ4n) is 5.18. The summed E-state index contributed by atoms with van der Waals surface area (Å²) >= 11 is 6.33. The van der Waals surface area contributed by atoms with Crippen LogP contribution < -0.4 is 9.62 Å². The zero-order chi connectivity index (χ0) is 33.6. The third-order valence-corrected chi connectivity index (χ3v) is 9.54. The predicted molar refractivity (Wildman–Crippen MR) is 185 cm³/mol. The van der Waals surface area contributed by atoms with Gasteiger partial charge in [-0.1, -0.05) is 83.9 Å². The monoisotopic (exact) mass is 659 g/mol. The lowest BCUT2D eigenvalue weighted by Crippen LogP contribution is -2.56. The molecule has 7 nitrogen and oxygen atoms in total. The lowest BCUT2D eigenvalue weighted by Gasteiger charge is -2.35. The average molecular weight is 660 g/mol. The van der Waals surface area contributed by atoms with Gasteiger partial charge in [-0.2, -0.15) is 0 Å². The van der Waals surface area contributed by atoms with E-state index in [1.807, 2.05) is 90.1 Å². The Bertz CT molecular complexity index is 1790. The molecule has 0 heterocycles. The standard InChI is InChI=1S/C37H42ClN3O4S/c1-26-16-19-32(20-17-26)46(44,45)41(33-21-27(2)15-18-28(33)3)25-35(42)40(24-30-13-10-14-31(38)22-30)34(36(43)39-37(4,5)6)23-29-11-8-7-9-12-29/h7-22,34H,23-25H2,1-6H3,(H,39,43)/t34-/m1/s1. The van der Waals surface area contributed by atoms with E-state index in [0.29, 0.717) is 21.8 Å². The zero-order valence-corrected chi connectivity index (χ0v) is 28.8. The molecule has 0 fully saturated rings. The fraction of sp³-hybridized carbons (Fsp3) is 0.297. The number of anilines is 1. The zero-order valence-electron chi connectivity index (χ0n) is 27.2. The molecule has 0 saturated heterocycles. The van der Waals surface area contributed by atoms with Crippen LogP contribution in [0.4, 0.5) is 5.69 Å². The average Bonchev–Trinajstić information content (AvgIpc) is 2.98. The van der Waals surface area contributed by atoms with Gasteiger partial charge < -0.3 is 10.2 Å². The van der Waals surface area contributed by atoms with Crippen LogP contribution in [0.25, 0.3) is 0 Å². The first-order chi connectivity index (χ1) is 21.6. The molecular formula is C37H42ClN3O4S. The molecule has 0 aliphatic heterocycles. The van der Waals surface area contributed by atoms with Gasteiger partial charge in [0.15, 0.2) is 0 Å². The number of nitrogens with one attached hydrogen (secondary N) is 1. The number of carbonyl (C=O) groups is 2. The summed E-state index contributed by atoms with van der Waals surface area (Å²) in [7, 11) is -4.19. The van der Waals surface area contributed by atoms with E-state index in [1.165, 1.54) is 4.90 Å². The summed E-state index contributed by atoms with van der Waals surface area (Å²) in [5.74, 6) is -0.868. The van der Waals surface area contributed by atoms with E-state index in [9.17, 15) is 18.0 Å². The van der Waals surface area contributed by atoms with E-state index in [0.717, 1.165) is 21.0 Å². The van der Waals surface area contributed by atoms with Gasteiger partial charge in [-0.25, -0.2) is 8.42 Å². The number of halogens is 1. The van der Waals surface area contributed by atoms with E-state index in [-0.39, 0.29) is 23.8 Å². The first kappa shape index (κ1) is 34.7. The van der Waals surface area contributed by atoms with Crippen molar-refractivity contribution in [3.63, 3.8) is 0 Å². The van der Waals surface area contributed by atoms with Crippen molar-refractivity contribution in [1.29, 1.82) is 0 Å². The van der Waals surface area contributed by atoms with Crippen LogP contribution in [0.1, 0.15) is 48.6 Å². The van der Waals surface area contributed by atoms with Crippen molar-refractivity contribution in [3.05, 3.63) is 130 Å². The maximum absolute atomic E-state index is 14.7. The molecule has 4 rings (SSSR count). The van der Waals surface area contributed by atoms with E-state index in [4.69, 9.17) is 11.6 Å². The second-order valence-corrected chi connectivity index (χ2v) is 15.0. The molecule has 0 aliphatic rings. The number of sulfonamides is 1. The second-order valence-electron chi connectivity index (χ2n) is 12.7. The Balaban J connectivity index is 1.85. The molecule has 1 atom stereocenters. The van der Waals surface area contributed by atoms with Gasteiger partial charge in [0, 0.05) is 23.5 Å². The van der Waals surface area contributed by atoms with Crippen LogP contribution >= 0.6 is 11.6 Å². The number of hydrogen-bond acceptors (Lipinski definition) is 4. The Labute approximate surface area is 278 Å². The number of aryl methyl sites for hydroxylation is 3. The molecule has 2 amide bonds.